The second-order valence-electron chi connectivity index (χ2n) is 5.16. The zero-order valence-electron chi connectivity index (χ0n) is 13.0. The maximum Gasteiger partial charge on any atom is 0.305 e. The van der Waals surface area contributed by atoms with Gasteiger partial charge in [-0.15, -0.1) is 0 Å². The Labute approximate surface area is 127 Å². The van der Waals surface area contributed by atoms with Crippen molar-refractivity contribution in [3.8, 4) is 5.75 Å². The number of carbonyl (C=O) groups is 1. The van der Waals surface area contributed by atoms with E-state index in [-0.39, 0.29) is 12.1 Å². The first-order valence-electron chi connectivity index (χ1n) is 7.67. The van der Waals surface area contributed by atoms with Gasteiger partial charge in [0.05, 0.1) is 19.3 Å². The summed E-state index contributed by atoms with van der Waals surface area (Å²) in [5, 5.41) is 9.31. The first kappa shape index (κ1) is 17.5. The number of carbonyl (C=O) groups excluding carboxylic acids is 1. The van der Waals surface area contributed by atoms with Crippen LogP contribution in [-0.4, -0.2) is 30.4 Å². The molecule has 0 aliphatic rings. The van der Waals surface area contributed by atoms with Gasteiger partial charge in [0.2, 0.25) is 0 Å². The van der Waals surface area contributed by atoms with Crippen LogP contribution in [0.25, 0.3) is 0 Å². The molecule has 0 heterocycles. The molecule has 0 spiro atoms. The van der Waals surface area contributed by atoms with Crippen molar-refractivity contribution < 1.29 is 19.4 Å². The van der Waals surface area contributed by atoms with E-state index in [1.54, 1.807) is 6.92 Å². The molecule has 0 aliphatic heterocycles. The maximum absolute atomic E-state index is 11.1. The van der Waals surface area contributed by atoms with Gasteiger partial charge in [-0.2, -0.15) is 0 Å². The van der Waals surface area contributed by atoms with Crippen LogP contribution in [0.1, 0.15) is 45.1 Å². The predicted octanol–water partition coefficient (Wildman–Crippen LogP) is 3.11. The SMILES string of the molecule is CCOC(=O)CCCCCOc1ccc(CC(C)O)cc1. The summed E-state index contributed by atoms with van der Waals surface area (Å²) in [4.78, 5) is 11.1. The Morgan fingerprint density at radius 1 is 1.19 bits per heavy atom. The van der Waals surface area contributed by atoms with Crippen molar-refractivity contribution in [1.29, 1.82) is 0 Å². The minimum absolute atomic E-state index is 0.118. The average molecular weight is 294 g/mol. The summed E-state index contributed by atoms with van der Waals surface area (Å²) in [6.07, 6.45) is 3.55. The number of unbranched alkanes of at least 4 members (excludes halogenated alkanes) is 2. The van der Waals surface area contributed by atoms with Gasteiger partial charge in [-0.25, -0.2) is 0 Å². The van der Waals surface area contributed by atoms with Crippen molar-refractivity contribution in [3.63, 3.8) is 0 Å². The molecule has 1 aromatic rings. The van der Waals surface area contributed by atoms with Crippen LogP contribution in [-0.2, 0) is 16.0 Å². The van der Waals surface area contributed by atoms with Crippen molar-refractivity contribution in [1.82, 2.24) is 0 Å². The molecule has 4 nitrogen and oxygen atoms in total. The maximum atomic E-state index is 11.1. The van der Waals surface area contributed by atoms with Gasteiger partial charge in [-0.05, 0) is 57.2 Å². The van der Waals surface area contributed by atoms with Gasteiger partial charge in [0, 0.05) is 6.42 Å². The van der Waals surface area contributed by atoms with Crippen molar-refractivity contribution in [3.05, 3.63) is 29.8 Å². The fraction of sp³-hybridized carbons (Fsp3) is 0.588. The summed E-state index contributed by atoms with van der Waals surface area (Å²) >= 11 is 0. The Morgan fingerprint density at radius 2 is 1.90 bits per heavy atom. The molecule has 1 aromatic carbocycles. The van der Waals surface area contributed by atoms with E-state index in [1.165, 1.54) is 0 Å². The smallest absolute Gasteiger partial charge is 0.305 e. The fourth-order valence-electron chi connectivity index (χ4n) is 2.03. The van der Waals surface area contributed by atoms with E-state index in [0.29, 0.717) is 26.1 Å². The number of aliphatic hydroxyl groups is 1. The van der Waals surface area contributed by atoms with Crippen LogP contribution < -0.4 is 4.74 Å². The summed E-state index contributed by atoms with van der Waals surface area (Å²) in [6, 6.07) is 7.80. The quantitative estimate of drug-likeness (QED) is 0.532. The van der Waals surface area contributed by atoms with E-state index >= 15 is 0 Å². The van der Waals surface area contributed by atoms with E-state index < -0.39 is 0 Å². The number of esters is 1. The van der Waals surface area contributed by atoms with Crippen LogP contribution in [0.4, 0.5) is 0 Å². The molecular formula is C17H26O4. The van der Waals surface area contributed by atoms with Gasteiger partial charge in [-0.3, -0.25) is 4.79 Å². The third-order valence-electron chi connectivity index (χ3n) is 3.05. The largest absolute Gasteiger partial charge is 0.494 e. The zero-order valence-corrected chi connectivity index (χ0v) is 13.0. The number of rotatable bonds is 10. The molecule has 0 saturated heterocycles. The molecule has 0 radical (unpaired) electrons. The monoisotopic (exact) mass is 294 g/mol. The van der Waals surface area contributed by atoms with Gasteiger partial charge >= 0.3 is 5.97 Å². The zero-order chi connectivity index (χ0) is 15.5. The predicted molar refractivity (Wildman–Crippen MR) is 82.4 cm³/mol. The second kappa shape index (κ2) is 10.2. The Balaban J connectivity index is 2.11. The molecule has 1 unspecified atom stereocenters. The van der Waals surface area contributed by atoms with Crippen LogP contribution in [0, 0.1) is 0 Å². The van der Waals surface area contributed by atoms with Crippen molar-refractivity contribution in [2.45, 2.75) is 52.1 Å². The highest BCUT2D eigenvalue weighted by Gasteiger charge is 2.02. The lowest BCUT2D eigenvalue weighted by atomic mass is 10.1. The molecule has 1 N–H and O–H groups in total. The minimum Gasteiger partial charge on any atom is -0.494 e. The van der Waals surface area contributed by atoms with Crippen LogP contribution in [0.3, 0.4) is 0 Å². The van der Waals surface area contributed by atoms with Gasteiger partial charge < -0.3 is 14.6 Å². The van der Waals surface area contributed by atoms with Gasteiger partial charge in [-0.1, -0.05) is 12.1 Å². The molecule has 0 bridgehead atoms. The number of aliphatic hydroxyl groups excluding tert-OH is 1. The molecule has 0 aromatic heterocycles. The van der Waals surface area contributed by atoms with E-state index in [2.05, 4.69) is 0 Å². The molecule has 1 atom stereocenters. The average Bonchev–Trinajstić information content (AvgIpc) is 2.44. The summed E-state index contributed by atoms with van der Waals surface area (Å²) in [5.41, 5.74) is 1.10. The summed E-state index contributed by atoms with van der Waals surface area (Å²) in [6.45, 7) is 4.70. The van der Waals surface area contributed by atoms with Crippen LogP contribution in [0.2, 0.25) is 0 Å². The molecular weight excluding hydrogens is 268 g/mol. The first-order valence-corrected chi connectivity index (χ1v) is 7.67. The van der Waals surface area contributed by atoms with Crippen molar-refractivity contribution in [2.75, 3.05) is 13.2 Å². The fourth-order valence-corrected chi connectivity index (χ4v) is 2.03. The van der Waals surface area contributed by atoms with Crippen molar-refractivity contribution in [2.24, 2.45) is 0 Å². The topological polar surface area (TPSA) is 55.8 Å². The molecule has 0 fully saturated rings. The lowest BCUT2D eigenvalue weighted by Crippen LogP contribution is -2.04. The minimum atomic E-state index is -0.323. The molecule has 21 heavy (non-hydrogen) atoms. The number of hydrogen-bond donors (Lipinski definition) is 1. The Bertz CT molecular complexity index is 398. The summed E-state index contributed by atoms with van der Waals surface area (Å²) in [7, 11) is 0. The molecule has 118 valence electrons. The van der Waals surface area contributed by atoms with Crippen LogP contribution in [0.5, 0.6) is 5.75 Å². The Kier molecular flexibility index (Phi) is 8.51. The molecule has 0 aliphatic carbocycles. The highest BCUT2D eigenvalue weighted by Crippen LogP contribution is 2.14. The van der Waals surface area contributed by atoms with Gasteiger partial charge in [0.25, 0.3) is 0 Å². The van der Waals surface area contributed by atoms with Gasteiger partial charge in [0.1, 0.15) is 5.75 Å². The molecule has 1 rings (SSSR count). The summed E-state index contributed by atoms with van der Waals surface area (Å²) in [5.74, 6) is 0.724. The van der Waals surface area contributed by atoms with E-state index in [9.17, 15) is 9.90 Å². The Hall–Kier alpha value is -1.55. The van der Waals surface area contributed by atoms with Crippen molar-refractivity contribution >= 4 is 5.97 Å². The first-order chi connectivity index (χ1) is 10.1. The van der Waals surface area contributed by atoms with E-state index in [1.807, 2.05) is 31.2 Å². The third kappa shape index (κ3) is 8.35. The second-order valence-corrected chi connectivity index (χ2v) is 5.16. The third-order valence-corrected chi connectivity index (χ3v) is 3.05. The highest BCUT2D eigenvalue weighted by molar-refractivity contribution is 5.69. The number of benzene rings is 1. The van der Waals surface area contributed by atoms with Crippen LogP contribution >= 0.6 is 0 Å². The van der Waals surface area contributed by atoms with Crippen LogP contribution in [0.15, 0.2) is 24.3 Å². The molecule has 0 amide bonds. The molecule has 4 heteroatoms. The number of hydrogen-bond acceptors (Lipinski definition) is 4. The lowest BCUT2D eigenvalue weighted by molar-refractivity contribution is -0.143. The normalized spacial score (nSPS) is 12.0. The van der Waals surface area contributed by atoms with Gasteiger partial charge in [0.15, 0.2) is 0 Å². The standard InChI is InChI=1S/C17H26O4/c1-3-20-17(19)7-5-4-6-12-21-16-10-8-15(9-11-16)13-14(2)18/h8-11,14,18H,3-7,12-13H2,1-2H3. The lowest BCUT2D eigenvalue weighted by Gasteiger charge is -2.08. The summed E-state index contributed by atoms with van der Waals surface area (Å²) < 4.78 is 10.5. The highest BCUT2D eigenvalue weighted by atomic mass is 16.5. The van der Waals surface area contributed by atoms with E-state index in [0.717, 1.165) is 30.6 Å². The molecule has 0 saturated carbocycles. The van der Waals surface area contributed by atoms with E-state index in [4.69, 9.17) is 9.47 Å². The Morgan fingerprint density at radius 3 is 2.52 bits per heavy atom. The number of ether oxygens (including phenoxy) is 2.